The molecule has 0 radical (unpaired) electrons. The molecule has 0 amide bonds. The second-order valence-electron chi connectivity index (χ2n) is 3.39. The molecule has 1 rings (SSSR count). The number of rotatable bonds is 8. The third-order valence-electron chi connectivity index (χ3n) is 2.12. The predicted molar refractivity (Wildman–Crippen MR) is 64.3 cm³/mol. The van der Waals surface area contributed by atoms with E-state index >= 15 is 0 Å². The molecule has 0 unspecified atom stereocenters. The van der Waals surface area contributed by atoms with Crippen molar-refractivity contribution < 1.29 is 4.74 Å². The summed E-state index contributed by atoms with van der Waals surface area (Å²) in [6.07, 6.45) is 1.12. The van der Waals surface area contributed by atoms with E-state index in [9.17, 15) is 0 Å². The smallest absolute Gasteiger partial charge is 0.0587 e. The van der Waals surface area contributed by atoms with Crippen LogP contribution in [-0.2, 0) is 4.74 Å². The molecule has 0 aromatic heterocycles. The Balaban J connectivity index is 1.93. The summed E-state index contributed by atoms with van der Waals surface area (Å²) in [5, 5.41) is 6.67. The highest BCUT2D eigenvalue weighted by atomic mass is 16.5. The van der Waals surface area contributed by atoms with Gasteiger partial charge in [-0.2, -0.15) is 0 Å². The number of benzene rings is 1. The maximum Gasteiger partial charge on any atom is 0.0587 e. The van der Waals surface area contributed by atoms with Crippen LogP contribution in [0.4, 0.5) is 5.69 Å². The lowest BCUT2D eigenvalue weighted by Gasteiger charge is -2.06. The minimum atomic E-state index is 0.784. The van der Waals surface area contributed by atoms with Gasteiger partial charge >= 0.3 is 0 Å². The van der Waals surface area contributed by atoms with Crippen LogP contribution in [0.15, 0.2) is 30.3 Å². The largest absolute Gasteiger partial charge is 0.385 e. The number of anilines is 1. The van der Waals surface area contributed by atoms with E-state index < -0.39 is 0 Å². The molecule has 15 heavy (non-hydrogen) atoms. The Morgan fingerprint density at radius 3 is 2.60 bits per heavy atom. The Hall–Kier alpha value is -1.06. The average molecular weight is 208 g/mol. The van der Waals surface area contributed by atoms with Gasteiger partial charge in [0.2, 0.25) is 0 Å². The minimum absolute atomic E-state index is 0.784. The van der Waals surface area contributed by atoms with Crippen molar-refractivity contribution in [2.75, 3.05) is 38.7 Å². The quantitative estimate of drug-likeness (QED) is 0.638. The first-order valence-electron chi connectivity index (χ1n) is 5.42. The van der Waals surface area contributed by atoms with Crippen LogP contribution >= 0.6 is 0 Å². The van der Waals surface area contributed by atoms with Crippen molar-refractivity contribution in [3.8, 4) is 0 Å². The SMILES string of the molecule is COCCNCCCNc1ccccc1. The first-order valence-corrected chi connectivity index (χ1v) is 5.42. The lowest BCUT2D eigenvalue weighted by atomic mass is 10.3. The number of hydrogen-bond donors (Lipinski definition) is 2. The molecule has 0 aliphatic rings. The van der Waals surface area contributed by atoms with Gasteiger partial charge in [0.15, 0.2) is 0 Å². The van der Waals surface area contributed by atoms with E-state index in [2.05, 4.69) is 22.8 Å². The molecule has 0 aliphatic heterocycles. The minimum Gasteiger partial charge on any atom is -0.385 e. The maximum absolute atomic E-state index is 4.94. The average Bonchev–Trinajstić information content (AvgIpc) is 2.29. The van der Waals surface area contributed by atoms with E-state index in [4.69, 9.17) is 4.74 Å². The molecular weight excluding hydrogens is 188 g/mol. The molecule has 3 heteroatoms. The van der Waals surface area contributed by atoms with Crippen molar-refractivity contribution in [1.29, 1.82) is 0 Å². The zero-order valence-corrected chi connectivity index (χ0v) is 9.33. The number of methoxy groups -OCH3 is 1. The van der Waals surface area contributed by atoms with Gasteiger partial charge in [0.05, 0.1) is 6.61 Å². The van der Waals surface area contributed by atoms with E-state index in [0.717, 1.165) is 32.7 Å². The number of hydrogen-bond acceptors (Lipinski definition) is 3. The Kier molecular flexibility index (Phi) is 6.62. The van der Waals surface area contributed by atoms with Gasteiger partial charge in [0.1, 0.15) is 0 Å². The topological polar surface area (TPSA) is 33.3 Å². The van der Waals surface area contributed by atoms with Crippen molar-refractivity contribution in [3.63, 3.8) is 0 Å². The van der Waals surface area contributed by atoms with Crippen LogP contribution in [0.3, 0.4) is 0 Å². The van der Waals surface area contributed by atoms with Gasteiger partial charge in [-0.3, -0.25) is 0 Å². The summed E-state index contributed by atoms with van der Waals surface area (Å²) < 4.78 is 4.94. The third kappa shape index (κ3) is 6.10. The molecule has 0 aliphatic carbocycles. The monoisotopic (exact) mass is 208 g/mol. The van der Waals surface area contributed by atoms with Crippen molar-refractivity contribution in [2.24, 2.45) is 0 Å². The third-order valence-corrected chi connectivity index (χ3v) is 2.12. The van der Waals surface area contributed by atoms with E-state index in [1.54, 1.807) is 7.11 Å². The Bertz CT molecular complexity index is 239. The van der Waals surface area contributed by atoms with Gasteiger partial charge in [0, 0.05) is 25.9 Å². The van der Waals surface area contributed by atoms with E-state index in [0.29, 0.717) is 0 Å². The van der Waals surface area contributed by atoms with Gasteiger partial charge in [-0.05, 0) is 25.1 Å². The van der Waals surface area contributed by atoms with Crippen LogP contribution in [-0.4, -0.2) is 33.4 Å². The van der Waals surface area contributed by atoms with Crippen LogP contribution in [0.5, 0.6) is 0 Å². The van der Waals surface area contributed by atoms with Gasteiger partial charge in [0.25, 0.3) is 0 Å². The Morgan fingerprint density at radius 2 is 1.87 bits per heavy atom. The highest BCUT2D eigenvalue weighted by Crippen LogP contribution is 2.03. The van der Waals surface area contributed by atoms with Crippen LogP contribution in [0.1, 0.15) is 6.42 Å². The Morgan fingerprint density at radius 1 is 1.07 bits per heavy atom. The molecule has 0 atom stereocenters. The fourth-order valence-corrected chi connectivity index (χ4v) is 1.30. The molecule has 1 aromatic carbocycles. The van der Waals surface area contributed by atoms with Crippen molar-refractivity contribution in [1.82, 2.24) is 5.32 Å². The van der Waals surface area contributed by atoms with Crippen molar-refractivity contribution >= 4 is 5.69 Å². The highest BCUT2D eigenvalue weighted by Gasteiger charge is 1.90. The van der Waals surface area contributed by atoms with Crippen LogP contribution in [0.2, 0.25) is 0 Å². The molecule has 0 spiro atoms. The van der Waals surface area contributed by atoms with Gasteiger partial charge in [-0.25, -0.2) is 0 Å². The summed E-state index contributed by atoms with van der Waals surface area (Å²) in [5.41, 5.74) is 1.19. The van der Waals surface area contributed by atoms with Gasteiger partial charge in [-0.1, -0.05) is 18.2 Å². The molecule has 0 bridgehead atoms. The molecule has 0 saturated heterocycles. The standard InChI is InChI=1S/C12H20N2O/c1-15-11-10-13-8-5-9-14-12-6-3-2-4-7-12/h2-4,6-7,13-14H,5,8-11H2,1H3. The highest BCUT2D eigenvalue weighted by molar-refractivity contribution is 5.42. The zero-order chi connectivity index (χ0) is 10.8. The normalized spacial score (nSPS) is 10.2. The summed E-state index contributed by atoms with van der Waals surface area (Å²) >= 11 is 0. The summed E-state index contributed by atoms with van der Waals surface area (Å²) in [4.78, 5) is 0. The first kappa shape index (κ1) is 12.0. The molecule has 84 valence electrons. The van der Waals surface area contributed by atoms with E-state index in [-0.39, 0.29) is 0 Å². The van der Waals surface area contributed by atoms with Gasteiger partial charge in [-0.15, -0.1) is 0 Å². The lowest BCUT2D eigenvalue weighted by Crippen LogP contribution is -2.22. The second-order valence-corrected chi connectivity index (χ2v) is 3.39. The fourth-order valence-electron chi connectivity index (χ4n) is 1.30. The summed E-state index contributed by atoms with van der Waals surface area (Å²) in [6, 6.07) is 10.3. The van der Waals surface area contributed by atoms with Crippen molar-refractivity contribution in [3.05, 3.63) is 30.3 Å². The molecule has 0 saturated carbocycles. The number of nitrogens with one attached hydrogen (secondary N) is 2. The number of ether oxygens (including phenoxy) is 1. The fraction of sp³-hybridized carbons (Fsp3) is 0.500. The molecule has 0 fully saturated rings. The van der Waals surface area contributed by atoms with Gasteiger partial charge < -0.3 is 15.4 Å². The molecular formula is C12H20N2O. The zero-order valence-electron chi connectivity index (χ0n) is 9.33. The summed E-state index contributed by atoms with van der Waals surface area (Å²) in [5.74, 6) is 0. The van der Waals surface area contributed by atoms with Crippen LogP contribution in [0, 0.1) is 0 Å². The maximum atomic E-state index is 4.94. The summed E-state index contributed by atoms with van der Waals surface area (Å²) in [6.45, 7) is 3.75. The van der Waals surface area contributed by atoms with Crippen LogP contribution < -0.4 is 10.6 Å². The number of para-hydroxylation sites is 1. The Labute approximate surface area is 91.8 Å². The lowest BCUT2D eigenvalue weighted by molar-refractivity contribution is 0.199. The molecule has 3 nitrogen and oxygen atoms in total. The first-order chi connectivity index (χ1) is 7.43. The molecule has 1 aromatic rings. The molecule has 2 N–H and O–H groups in total. The second kappa shape index (κ2) is 8.26. The van der Waals surface area contributed by atoms with Crippen LogP contribution in [0.25, 0.3) is 0 Å². The van der Waals surface area contributed by atoms with E-state index in [1.165, 1.54) is 5.69 Å². The van der Waals surface area contributed by atoms with E-state index in [1.807, 2.05) is 18.2 Å². The predicted octanol–water partition coefficient (Wildman–Crippen LogP) is 1.72. The van der Waals surface area contributed by atoms with Crippen molar-refractivity contribution in [2.45, 2.75) is 6.42 Å². The summed E-state index contributed by atoms with van der Waals surface area (Å²) in [7, 11) is 1.72. The molecule has 0 heterocycles.